The summed E-state index contributed by atoms with van der Waals surface area (Å²) >= 11 is 0. The average molecular weight is 540 g/mol. The highest BCUT2D eigenvalue weighted by Gasteiger charge is 2.45. The second-order valence-electron chi connectivity index (χ2n) is 11.7. The summed E-state index contributed by atoms with van der Waals surface area (Å²) in [5, 5.41) is 12.9. The van der Waals surface area contributed by atoms with Crippen molar-refractivity contribution in [3.63, 3.8) is 0 Å². The first-order valence-electron chi connectivity index (χ1n) is 13.9. The Balaban J connectivity index is 1.69. The van der Waals surface area contributed by atoms with Gasteiger partial charge in [0.2, 0.25) is 14.3 Å². The summed E-state index contributed by atoms with van der Waals surface area (Å²) < 4.78 is 22.6. The predicted molar refractivity (Wildman–Crippen MR) is 154 cm³/mol. The monoisotopic (exact) mass is 539 g/mol. The van der Waals surface area contributed by atoms with Crippen LogP contribution < -0.4 is 5.32 Å². The number of carboxylic acids is 1. The maximum absolute atomic E-state index is 13.5. The van der Waals surface area contributed by atoms with Crippen LogP contribution >= 0.6 is 0 Å². The SMILES string of the molecule is CC(C)[Si](OCc1ccc2nc(Nc3ccc(F)cc3)n(C3CCC(C(=O)O)CC3)c2c1)(C(C)C)C(C)C. The average Bonchev–Trinajstić information content (AvgIpc) is 3.22. The van der Waals surface area contributed by atoms with Crippen LogP contribution in [0.25, 0.3) is 11.0 Å². The number of fused-ring (bicyclic) bond motifs is 1. The van der Waals surface area contributed by atoms with E-state index in [-0.39, 0.29) is 17.8 Å². The summed E-state index contributed by atoms with van der Waals surface area (Å²) in [5.74, 6) is -0.598. The maximum atomic E-state index is 13.5. The number of anilines is 2. The molecule has 1 saturated carbocycles. The van der Waals surface area contributed by atoms with Gasteiger partial charge in [-0.15, -0.1) is 0 Å². The number of halogens is 1. The van der Waals surface area contributed by atoms with Crippen LogP contribution in [0.1, 0.15) is 78.8 Å². The zero-order valence-electron chi connectivity index (χ0n) is 23.5. The van der Waals surface area contributed by atoms with Gasteiger partial charge >= 0.3 is 5.97 Å². The van der Waals surface area contributed by atoms with Gasteiger partial charge in [0.25, 0.3) is 0 Å². The van der Waals surface area contributed by atoms with Crippen LogP contribution in [-0.4, -0.2) is 28.9 Å². The Kier molecular flexibility index (Phi) is 8.62. The molecule has 0 bridgehead atoms. The number of hydrogen-bond acceptors (Lipinski definition) is 4. The van der Waals surface area contributed by atoms with Crippen LogP contribution in [0, 0.1) is 11.7 Å². The number of nitrogens with one attached hydrogen (secondary N) is 1. The lowest BCUT2D eigenvalue weighted by molar-refractivity contribution is -0.143. The van der Waals surface area contributed by atoms with Crippen LogP contribution in [0.15, 0.2) is 42.5 Å². The molecule has 1 heterocycles. The topological polar surface area (TPSA) is 76.4 Å². The molecule has 206 valence electrons. The zero-order chi connectivity index (χ0) is 27.6. The van der Waals surface area contributed by atoms with E-state index < -0.39 is 14.3 Å². The van der Waals surface area contributed by atoms with Crippen LogP contribution in [-0.2, 0) is 15.8 Å². The number of imidazole rings is 1. The number of carbonyl (C=O) groups is 1. The van der Waals surface area contributed by atoms with Gasteiger partial charge in [-0.05, 0) is 84.3 Å². The lowest BCUT2D eigenvalue weighted by Crippen LogP contribution is -2.47. The Hall–Kier alpha value is -2.71. The number of aliphatic carboxylic acids is 1. The van der Waals surface area contributed by atoms with Gasteiger partial charge in [0.05, 0.1) is 23.6 Å². The van der Waals surface area contributed by atoms with Crippen molar-refractivity contribution in [1.29, 1.82) is 0 Å². The molecule has 38 heavy (non-hydrogen) atoms. The van der Waals surface area contributed by atoms with E-state index in [0.717, 1.165) is 35.1 Å². The molecule has 0 radical (unpaired) electrons. The molecular formula is C30H42FN3O3Si. The molecule has 2 aromatic carbocycles. The molecule has 1 aliphatic rings. The molecule has 1 aliphatic carbocycles. The van der Waals surface area contributed by atoms with E-state index in [4.69, 9.17) is 9.41 Å². The zero-order valence-corrected chi connectivity index (χ0v) is 24.5. The van der Waals surface area contributed by atoms with Crippen molar-refractivity contribution in [2.75, 3.05) is 5.32 Å². The summed E-state index contributed by atoms with van der Waals surface area (Å²) in [6.07, 6.45) is 2.82. The van der Waals surface area contributed by atoms with Gasteiger partial charge in [-0.3, -0.25) is 4.79 Å². The normalized spacial score (nSPS) is 18.6. The van der Waals surface area contributed by atoms with E-state index in [1.807, 2.05) is 6.07 Å². The fourth-order valence-corrected chi connectivity index (χ4v) is 12.1. The summed E-state index contributed by atoms with van der Waals surface area (Å²) in [5.41, 5.74) is 5.28. The molecule has 1 fully saturated rings. The van der Waals surface area contributed by atoms with E-state index in [1.54, 1.807) is 12.1 Å². The van der Waals surface area contributed by atoms with Crippen molar-refractivity contribution in [1.82, 2.24) is 9.55 Å². The first kappa shape index (κ1) is 28.3. The van der Waals surface area contributed by atoms with Gasteiger partial charge < -0.3 is 19.4 Å². The third kappa shape index (κ3) is 5.66. The van der Waals surface area contributed by atoms with E-state index in [0.29, 0.717) is 42.0 Å². The summed E-state index contributed by atoms with van der Waals surface area (Å²) in [6.45, 7) is 14.3. The lowest BCUT2D eigenvalue weighted by atomic mass is 9.86. The highest BCUT2D eigenvalue weighted by molar-refractivity contribution is 6.77. The number of aromatic nitrogens is 2. The molecule has 0 aliphatic heterocycles. The van der Waals surface area contributed by atoms with Crippen LogP contribution in [0.5, 0.6) is 0 Å². The second kappa shape index (κ2) is 11.6. The Bertz CT molecular complexity index is 1230. The van der Waals surface area contributed by atoms with Gasteiger partial charge in [-0.1, -0.05) is 47.6 Å². The number of rotatable bonds is 10. The van der Waals surface area contributed by atoms with E-state index >= 15 is 0 Å². The predicted octanol–water partition coefficient (Wildman–Crippen LogP) is 8.43. The fourth-order valence-electron chi connectivity index (χ4n) is 6.64. The lowest BCUT2D eigenvalue weighted by Gasteiger charge is -2.42. The van der Waals surface area contributed by atoms with Gasteiger partial charge in [0.1, 0.15) is 5.82 Å². The quantitative estimate of drug-likeness (QED) is 0.253. The molecule has 0 unspecified atom stereocenters. The Morgan fingerprint density at radius 2 is 1.63 bits per heavy atom. The Morgan fingerprint density at radius 3 is 2.18 bits per heavy atom. The van der Waals surface area contributed by atoms with Gasteiger partial charge in [-0.2, -0.15) is 0 Å². The van der Waals surface area contributed by atoms with Crippen molar-refractivity contribution in [3.05, 3.63) is 53.8 Å². The third-order valence-electron chi connectivity index (χ3n) is 8.46. The summed E-state index contributed by atoms with van der Waals surface area (Å²) in [6, 6.07) is 12.7. The largest absolute Gasteiger partial charge is 0.481 e. The molecule has 3 aromatic rings. The fraction of sp³-hybridized carbons (Fsp3) is 0.533. The number of benzene rings is 2. The minimum absolute atomic E-state index is 0.130. The number of carboxylic acid groups (broad SMARTS) is 1. The van der Waals surface area contributed by atoms with E-state index in [1.165, 1.54) is 12.1 Å². The first-order chi connectivity index (χ1) is 18.0. The molecule has 4 rings (SSSR count). The summed E-state index contributed by atoms with van der Waals surface area (Å²) in [4.78, 5) is 16.5. The molecule has 0 amide bonds. The third-order valence-corrected chi connectivity index (χ3v) is 14.5. The molecule has 8 heteroatoms. The molecule has 0 spiro atoms. The van der Waals surface area contributed by atoms with Crippen molar-refractivity contribution in [2.24, 2.45) is 5.92 Å². The van der Waals surface area contributed by atoms with Crippen molar-refractivity contribution >= 4 is 37.0 Å². The Morgan fingerprint density at radius 1 is 1.03 bits per heavy atom. The highest BCUT2D eigenvalue weighted by atomic mass is 28.4. The number of hydrogen-bond donors (Lipinski definition) is 2. The van der Waals surface area contributed by atoms with E-state index in [9.17, 15) is 14.3 Å². The van der Waals surface area contributed by atoms with Crippen LogP contribution in [0.2, 0.25) is 16.6 Å². The smallest absolute Gasteiger partial charge is 0.306 e. The molecule has 0 saturated heterocycles. The van der Waals surface area contributed by atoms with Crippen LogP contribution in [0.3, 0.4) is 0 Å². The highest BCUT2D eigenvalue weighted by Crippen LogP contribution is 2.43. The summed E-state index contributed by atoms with van der Waals surface area (Å²) in [7, 11) is -2.01. The standard InChI is InChI=1S/C30H42FN3O3Si/c1-19(2)38(20(3)4,21(5)6)37-18-22-7-16-27-28(17-22)34(26-14-8-23(9-15-26)29(35)36)30(33-27)32-25-12-10-24(31)11-13-25/h7,10-13,16-17,19-21,23,26H,8-9,14-15,18H2,1-6H3,(H,32,33)(H,35,36). The second-order valence-corrected chi connectivity index (χ2v) is 17.2. The van der Waals surface area contributed by atoms with Crippen LogP contribution in [0.4, 0.5) is 16.0 Å². The van der Waals surface area contributed by atoms with Gasteiger partial charge in [0, 0.05) is 11.7 Å². The van der Waals surface area contributed by atoms with Crippen molar-refractivity contribution in [2.45, 2.75) is 96.5 Å². The molecule has 1 aromatic heterocycles. The number of nitrogens with zero attached hydrogens (tertiary/aromatic N) is 2. The van der Waals surface area contributed by atoms with E-state index in [2.05, 4.69) is 63.6 Å². The molecule has 0 atom stereocenters. The van der Waals surface area contributed by atoms with Gasteiger partial charge in [0.15, 0.2) is 0 Å². The minimum atomic E-state index is -2.01. The van der Waals surface area contributed by atoms with Gasteiger partial charge in [-0.25, -0.2) is 9.37 Å². The molecule has 6 nitrogen and oxygen atoms in total. The minimum Gasteiger partial charge on any atom is -0.481 e. The van der Waals surface area contributed by atoms with Crippen molar-refractivity contribution in [3.8, 4) is 0 Å². The maximum Gasteiger partial charge on any atom is 0.306 e. The van der Waals surface area contributed by atoms with Crippen molar-refractivity contribution < 1.29 is 18.7 Å². The molecule has 2 N–H and O–H groups in total. The first-order valence-corrected chi connectivity index (χ1v) is 16.1. The Labute approximate surface area is 226 Å². The molecular weight excluding hydrogens is 497 g/mol.